The summed E-state index contributed by atoms with van der Waals surface area (Å²) in [6.07, 6.45) is 0. The van der Waals surface area contributed by atoms with Crippen LogP contribution in [0.15, 0.2) is 18.2 Å². The van der Waals surface area contributed by atoms with E-state index in [2.05, 4.69) is 17.1 Å². The summed E-state index contributed by atoms with van der Waals surface area (Å²) in [5.74, 6) is 0. The Balaban J connectivity index is 2.34. The lowest BCUT2D eigenvalue weighted by Crippen LogP contribution is -2.43. The average Bonchev–Trinajstić information content (AvgIpc) is 2.39. The Labute approximate surface area is 112 Å². The molecule has 104 valence electrons. The maximum Gasteiger partial charge on any atom is 0.273 e. The Hall–Kier alpha value is -1.82. The van der Waals surface area contributed by atoms with Crippen molar-refractivity contribution in [3.8, 4) is 0 Å². The standard InChI is InChI=1S/C13H19N3O3/c1-3-14-11-6-12(8-13(7-11)16(17)18)15-4-5-19-9-10(15)2/h6-8,10,14H,3-5,9H2,1-2H3. The van der Waals surface area contributed by atoms with Crippen LogP contribution in [0, 0.1) is 10.1 Å². The molecule has 0 aliphatic carbocycles. The lowest BCUT2D eigenvalue weighted by Gasteiger charge is -2.35. The van der Waals surface area contributed by atoms with Gasteiger partial charge in [0.25, 0.3) is 5.69 Å². The van der Waals surface area contributed by atoms with E-state index in [0.29, 0.717) is 13.2 Å². The second-order valence-corrected chi connectivity index (χ2v) is 4.64. The van der Waals surface area contributed by atoms with Crippen LogP contribution < -0.4 is 10.2 Å². The van der Waals surface area contributed by atoms with Crippen LogP contribution in [0.3, 0.4) is 0 Å². The van der Waals surface area contributed by atoms with Crippen molar-refractivity contribution in [1.82, 2.24) is 0 Å². The lowest BCUT2D eigenvalue weighted by molar-refractivity contribution is -0.384. The van der Waals surface area contributed by atoms with E-state index in [1.54, 1.807) is 12.1 Å². The molecule has 19 heavy (non-hydrogen) atoms. The molecule has 1 fully saturated rings. The first-order valence-electron chi connectivity index (χ1n) is 6.49. The largest absolute Gasteiger partial charge is 0.385 e. The zero-order valence-electron chi connectivity index (χ0n) is 11.3. The highest BCUT2D eigenvalue weighted by atomic mass is 16.6. The van der Waals surface area contributed by atoms with Crippen molar-refractivity contribution in [1.29, 1.82) is 0 Å². The summed E-state index contributed by atoms with van der Waals surface area (Å²) in [4.78, 5) is 12.8. The second-order valence-electron chi connectivity index (χ2n) is 4.64. The van der Waals surface area contributed by atoms with Gasteiger partial charge < -0.3 is 15.0 Å². The number of hydrogen-bond acceptors (Lipinski definition) is 5. The van der Waals surface area contributed by atoms with Crippen molar-refractivity contribution in [2.75, 3.05) is 36.5 Å². The number of ether oxygens (including phenoxy) is 1. The van der Waals surface area contributed by atoms with E-state index in [1.165, 1.54) is 0 Å². The Morgan fingerprint density at radius 2 is 2.32 bits per heavy atom. The fourth-order valence-electron chi connectivity index (χ4n) is 2.28. The molecule has 2 rings (SSSR count). The number of nitro benzene ring substituents is 1. The monoisotopic (exact) mass is 265 g/mol. The van der Waals surface area contributed by atoms with E-state index in [-0.39, 0.29) is 16.7 Å². The number of nitro groups is 1. The van der Waals surface area contributed by atoms with Crippen molar-refractivity contribution in [2.45, 2.75) is 19.9 Å². The van der Waals surface area contributed by atoms with E-state index in [9.17, 15) is 10.1 Å². The van der Waals surface area contributed by atoms with Crippen LogP contribution in [-0.4, -0.2) is 37.3 Å². The lowest BCUT2D eigenvalue weighted by atomic mass is 10.1. The Morgan fingerprint density at radius 1 is 1.53 bits per heavy atom. The predicted octanol–water partition coefficient (Wildman–Crippen LogP) is 2.25. The molecule has 1 heterocycles. The Kier molecular flexibility index (Phi) is 4.21. The van der Waals surface area contributed by atoms with Crippen LogP contribution >= 0.6 is 0 Å². The number of anilines is 2. The van der Waals surface area contributed by atoms with Crippen molar-refractivity contribution in [2.24, 2.45) is 0 Å². The number of hydrogen-bond donors (Lipinski definition) is 1. The first kappa shape index (κ1) is 13.6. The number of rotatable bonds is 4. The van der Waals surface area contributed by atoms with Crippen LogP contribution in [0.2, 0.25) is 0 Å². The second kappa shape index (κ2) is 5.88. The molecule has 0 radical (unpaired) electrons. The summed E-state index contributed by atoms with van der Waals surface area (Å²) in [6, 6.07) is 5.38. The van der Waals surface area contributed by atoms with Gasteiger partial charge in [-0.25, -0.2) is 0 Å². The molecule has 1 unspecified atom stereocenters. The smallest absolute Gasteiger partial charge is 0.273 e. The summed E-state index contributed by atoms with van der Waals surface area (Å²) < 4.78 is 5.40. The summed E-state index contributed by atoms with van der Waals surface area (Å²) >= 11 is 0. The van der Waals surface area contributed by atoms with Gasteiger partial charge >= 0.3 is 0 Å². The molecule has 1 atom stereocenters. The van der Waals surface area contributed by atoms with E-state index in [0.717, 1.165) is 24.5 Å². The van der Waals surface area contributed by atoms with Crippen molar-refractivity contribution in [3.05, 3.63) is 28.3 Å². The van der Waals surface area contributed by atoms with E-state index in [1.807, 2.05) is 13.0 Å². The van der Waals surface area contributed by atoms with Gasteiger partial charge in [-0.1, -0.05) is 0 Å². The van der Waals surface area contributed by atoms with Crippen LogP contribution in [-0.2, 0) is 4.74 Å². The molecule has 1 aliphatic heterocycles. The maximum absolute atomic E-state index is 11.0. The topological polar surface area (TPSA) is 67.6 Å². The van der Waals surface area contributed by atoms with Gasteiger partial charge in [-0.15, -0.1) is 0 Å². The summed E-state index contributed by atoms with van der Waals surface area (Å²) in [7, 11) is 0. The fourth-order valence-corrected chi connectivity index (χ4v) is 2.28. The van der Waals surface area contributed by atoms with E-state index < -0.39 is 0 Å². The van der Waals surface area contributed by atoms with Gasteiger partial charge in [0.2, 0.25) is 0 Å². The minimum Gasteiger partial charge on any atom is -0.385 e. The zero-order chi connectivity index (χ0) is 13.8. The summed E-state index contributed by atoms with van der Waals surface area (Å²) in [6.45, 7) is 6.83. The van der Waals surface area contributed by atoms with Gasteiger partial charge in [0.1, 0.15) is 0 Å². The molecule has 1 aliphatic rings. The molecule has 6 nitrogen and oxygen atoms in total. The number of nitrogens with zero attached hydrogens (tertiary/aromatic N) is 2. The van der Waals surface area contributed by atoms with Gasteiger partial charge in [0.05, 0.1) is 18.1 Å². The quantitative estimate of drug-likeness (QED) is 0.668. The van der Waals surface area contributed by atoms with Crippen molar-refractivity contribution >= 4 is 17.1 Å². The fraction of sp³-hybridized carbons (Fsp3) is 0.538. The van der Waals surface area contributed by atoms with Gasteiger partial charge in [0, 0.05) is 42.6 Å². The summed E-state index contributed by atoms with van der Waals surface area (Å²) in [5.41, 5.74) is 1.78. The van der Waals surface area contributed by atoms with E-state index >= 15 is 0 Å². The first-order valence-corrected chi connectivity index (χ1v) is 6.49. The molecule has 0 aromatic heterocycles. The van der Waals surface area contributed by atoms with Gasteiger partial charge in [0.15, 0.2) is 0 Å². The normalized spacial score (nSPS) is 19.3. The van der Waals surface area contributed by atoms with Gasteiger partial charge in [-0.3, -0.25) is 10.1 Å². The van der Waals surface area contributed by atoms with Crippen molar-refractivity contribution < 1.29 is 9.66 Å². The number of non-ortho nitro benzene ring substituents is 1. The molecule has 1 aromatic carbocycles. The SMILES string of the molecule is CCNc1cc(N2CCOCC2C)cc([N+](=O)[O-])c1. The van der Waals surface area contributed by atoms with Crippen LogP contribution in [0.4, 0.5) is 17.1 Å². The highest BCUT2D eigenvalue weighted by Crippen LogP contribution is 2.29. The van der Waals surface area contributed by atoms with Crippen LogP contribution in [0.1, 0.15) is 13.8 Å². The van der Waals surface area contributed by atoms with Crippen LogP contribution in [0.25, 0.3) is 0 Å². The zero-order valence-corrected chi connectivity index (χ0v) is 11.3. The third-order valence-electron chi connectivity index (χ3n) is 3.19. The molecule has 6 heteroatoms. The number of benzene rings is 1. The molecule has 0 spiro atoms. The molecule has 0 amide bonds. The highest BCUT2D eigenvalue weighted by Gasteiger charge is 2.21. The molecule has 0 bridgehead atoms. The van der Waals surface area contributed by atoms with Crippen LogP contribution in [0.5, 0.6) is 0 Å². The van der Waals surface area contributed by atoms with Gasteiger partial charge in [-0.2, -0.15) is 0 Å². The third-order valence-corrected chi connectivity index (χ3v) is 3.19. The summed E-state index contributed by atoms with van der Waals surface area (Å²) in [5, 5.41) is 14.1. The van der Waals surface area contributed by atoms with Crippen molar-refractivity contribution in [3.63, 3.8) is 0 Å². The number of morpholine rings is 1. The maximum atomic E-state index is 11.0. The average molecular weight is 265 g/mol. The minimum atomic E-state index is -0.352. The molecule has 1 aromatic rings. The molecule has 1 saturated heterocycles. The molecular weight excluding hydrogens is 246 g/mol. The molecule has 0 saturated carbocycles. The first-order chi connectivity index (χ1) is 9.11. The predicted molar refractivity (Wildman–Crippen MR) is 74.9 cm³/mol. The molecular formula is C13H19N3O3. The molecule has 1 N–H and O–H groups in total. The third kappa shape index (κ3) is 3.14. The Bertz CT molecular complexity index is 464. The highest BCUT2D eigenvalue weighted by molar-refractivity contribution is 5.65. The van der Waals surface area contributed by atoms with E-state index in [4.69, 9.17) is 4.74 Å². The minimum absolute atomic E-state index is 0.118. The number of nitrogens with one attached hydrogen (secondary N) is 1. The van der Waals surface area contributed by atoms with Gasteiger partial charge in [-0.05, 0) is 19.9 Å². The Morgan fingerprint density at radius 3 is 2.95 bits per heavy atom.